The van der Waals surface area contributed by atoms with Gasteiger partial charge in [0.1, 0.15) is 17.2 Å². The van der Waals surface area contributed by atoms with Crippen molar-refractivity contribution in [3.8, 4) is 11.4 Å². The molecular formula is C21H22ClN5O2. The molecular weight excluding hydrogens is 390 g/mol. The summed E-state index contributed by atoms with van der Waals surface area (Å²) >= 11 is 6.50. The van der Waals surface area contributed by atoms with Gasteiger partial charge >= 0.3 is 6.09 Å². The van der Waals surface area contributed by atoms with Gasteiger partial charge in [-0.3, -0.25) is 0 Å². The molecule has 7 nitrogen and oxygen atoms in total. The van der Waals surface area contributed by atoms with Gasteiger partial charge in [0.2, 0.25) is 0 Å². The number of likely N-dealkylation sites (N-methyl/N-ethyl adjacent to an activating group) is 1. The molecule has 0 radical (unpaired) electrons. The van der Waals surface area contributed by atoms with Crippen molar-refractivity contribution in [3.63, 3.8) is 0 Å². The number of carbonyl (C=O) groups excluding carboxylic acids is 1. The molecule has 3 aromatic rings. The van der Waals surface area contributed by atoms with Gasteiger partial charge in [-0.25, -0.2) is 14.8 Å². The predicted octanol–water partition coefficient (Wildman–Crippen LogP) is 3.71. The van der Waals surface area contributed by atoms with Crippen molar-refractivity contribution in [2.24, 2.45) is 7.05 Å². The number of para-hydroxylation sites is 2. The third kappa shape index (κ3) is 3.00. The lowest BCUT2D eigenvalue weighted by atomic mass is 9.91. The van der Waals surface area contributed by atoms with Crippen molar-refractivity contribution in [1.82, 2.24) is 19.4 Å². The first-order valence-corrected chi connectivity index (χ1v) is 10.1. The van der Waals surface area contributed by atoms with Crippen LogP contribution >= 0.6 is 11.6 Å². The van der Waals surface area contributed by atoms with Crippen LogP contribution in [-0.2, 0) is 11.8 Å². The Kier molecular flexibility index (Phi) is 4.17. The molecule has 2 aliphatic heterocycles. The number of anilines is 1. The normalized spacial score (nSPS) is 18.7. The lowest BCUT2D eigenvalue weighted by Crippen LogP contribution is -2.47. The summed E-state index contributed by atoms with van der Waals surface area (Å²) in [6, 6.07) is 10.0. The van der Waals surface area contributed by atoms with Gasteiger partial charge in [0, 0.05) is 51.8 Å². The molecule has 5 rings (SSSR count). The van der Waals surface area contributed by atoms with Crippen molar-refractivity contribution in [3.05, 3.63) is 41.6 Å². The van der Waals surface area contributed by atoms with Gasteiger partial charge in [-0.2, -0.15) is 0 Å². The summed E-state index contributed by atoms with van der Waals surface area (Å²) in [4.78, 5) is 25.0. The lowest BCUT2D eigenvalue weighted by Gasteiger charge is -2.38. The van der Waals surface area contributed by atoms with Crippen molar-refractivity contribution >= 4 is 34.5 Å². The molecule has 1 amide bonds. The first-order valence-electron chi connectivity index (χ1n) is 9.72. The number of pyridine rings is 1. The molecule has 0 bridgehead atoms. The molecule has 1 aromatic carbocycles. The van der Waals surface area contributed by atoms with E-state index in [4.69, 9.17) is 21.3 Å². The van der Waals surface area contributed by atoms with Gasteiger partial charge < -0.3 is 19.1 Å². The topological polar surface area (TPSA) is 63.5 Å². The third-order valence-electron chi connectivity index (χ3n) is 6.01. The molecule has 0 aliphatic carbocycles. The Bertz CT molecular complexity index is 1100. The zero-order valence-electron chi connectivity index (χ0n) is 16.4. The summed E-state index contributed by atoms with van der Waals surface area (Å²) in [5, 5.41) is 0.576. The van der Waals surface area contributed by atoms with Crippen molar-refractivity contribution < 1.29 is 9.53 Å². The molecule has 1 spiro atoms. The van der Waals surface area contributed by atoms with Crippen LogP contribution in [0.25, 0.3) is 22.4 Å². The smallest absolute Gasteiger partial charge is 0.410 e. The number of aromatic nitrogens is 3. The van der Waals surface area contributed by atoms with Crippen LogP contribution in [0.2, 0.25) is 5.02 Å². The molecule has 8 heteroatoms. The molecule has 2 aromatic heterocycles. The van der Waals surface area contributed by atoms with Gasteiger partial charge in [0.15, 0.2) is 0 Å². The second-order valence-electron chi connectivity index (χ2n) is 7.90. The third-order valence-corrected chi connectivity index (χ3v) is 6.31. The average molecular weight is 412 g/mol. The van der Waals surface area contributed by atoms with E-state index in [0.717, 1.165) is 54.2 Å². The standard InChI is InChI=1S/C21H22ClN5O2/c1-25-13-21(29-20(25)28)7-9-27(10-8-21)18-11-14(15(22)12-23-18)19-24-16-5-3-4-6-17(16)26(19)2/h3-6,11-12H,7-10,13H2,1-2H3. The largest absolute Gasteiger partial charge is 0.441 e. The number of amides is 1. The molecule has 0 N–H and O–H groups in total. The van der Waals surface area contributed by atoms with E-state index in [1.54, 1.807) is 18.1 Å². The van der Waals surface area contributed by atoms with E-state index in [0.29, 0.717) is 11.6 Å². The number of nitrogens with zero attached hydrogens (tertiary/aromatic N) is 5. The number of hydrogen-bond donors (Lipinski definition) is 0. The number of imidazole rings is 1. The van der Waals surface area contributed by atoms with E-state index in [9.17, 15) is 4.79 Å². The number of fused-ring (bicyclic) bond motifs is 1. The number of hydrogen-bond acceptors (Lipinski definition) is 5. The number of piperidine rings is 1. The first-order chi connectivity index (χ1) is 14.0. The van der Waals surface area contributed by atoms with Crippen LogP contribution in [0.3, 0.4) is 0 Å². The Hall–Kier alpha value is -2.80. The summed E-state index contributed by atoms with van der Waals surface area (Å²) in [7, 11) is 3.78. The minimum atomic E-state index is -0.366. The summed E-state index contributed by atoms with van der Waals surface area (Å²) in [5.74, 6) is 1.68. The Morgan fingerprint density at radius 2 is 1.93 bits per heavy atom. The maximum absolute atomic E-state index is 11.8. The summed E-state index contributed by atoms with van der Waals surface area (Å²) in [6.07, 6.45) is 3.04. The van der Waals surface area contributed by atoms with Gasteiger partial charge in [0.05, 0.1) is 22.6 Å². The van der Waals surface area contributed by atoms with E-state index >= 15 is 0 Å². The highest BCUT2D eigenvalue weighted by Crippen LogP contribution is 2.36. The van der Waals surface area contributed by atoms with Crippen molar-refractivity contribution in [2.75, 3.05) is 31.6 Å². The van der Waals surface area contributed by atoms with Crippen molar-refractivity contribution in [2.45, 2.75) is 18.4 Å². The van der Waals surface area contributed by atoms with Crippen LogP contribution in [0.1, 0.15) is 12.8 Å². The Balaban J connectivity index is 1.43. The second kappa shape index (κ2) is 6.62. The number of ether oxygens (including phenoxy) is 1. The zero-order chi connectivity index (χ0) is 20.2. The highest BCUT2D eigenvalue weighted by Gasteiger charge is 2.45. The van der Waals surface area contributed by atoms with Crippen LogP contribution in [0.15, 0.2) is 36.5 Å². The van der Waals surface area contributed by atoms with E-state index in [1.165, 1.54) is 0 Å². The first kappa shape index (κ1) is 18.2. The quantitative estimate of drug-likeness (QED) is 0.643. The lowest BCUT2D eigenvalue weighted by molar-refractivity contribution is 0.0366. The highest BCUT2D eigenvalue weighted by molar-refractivity contribution is 6.33. The zero-order valence-corrected chi connectivity index (χ0v) is 17.2. The van der Waals surface area contributed by atoms with E-state index in [1.807, 2.05) is 37.4 Å². The van der Waals surface area contributed by atoms with Gasteiger partial charge in [-0.1, -0.05) is 23.7 Å². The molecule has 4 heterocycles. The van der Waals surface area contributed by atoms with Crippen LogP contribution in [0.5, 0.6) is 0 Å². The Morgan fingerprint density at radius 3 is 2.62 bits per heavy atom. The fourth-order valence-electron chi connectivity index (χ4n) is 4.35. The van der Waals surface area contributed by atoms with Crippen molar-refractivity contribution in [1.29, 1.82) is 0 Å². The van der Waals surface area contributed by atoms with Crippen LogP contribution in [-0.4, -0.2) is 57.8 Å². The maximum atomic E-state index is 11.8. The summed E-state index contributed by atoms with van der Waals surface area (Å²) < 4.78 is 7.71. The maximum Gasteiger partial charge on any atom is 0.410 e. The van der Waals surface area contributed by atoms with E-state index in [2.05, 4.69) is 14.5 Å². The fourth-order valence-corrected chi connectivity index (χ4v) is 4.54. The molecule has 2 aliphatic rings. The van der Waals surface area contributed by atoms with Crippen LogP contribution < -0.4 is 4.90 Å². The molecule has 0 saturated carbocycles. The van der Waals surface area contributed by atoms with Crippen LogP contribution in [0, 0.1) is 0 Å². The molecule has 150 valence electrons. The molecule has 2 fully saturated rings. The molecule has 29 heavy (non-hydrogen) atoms. The van der Waals surface area contributed by atoms with Crippen LogP contribution in [0.4, 0.5) is 10.6 Å². The van der Waals surface area contributed by atoms with Gasteiger partial charge in [-0.15, -0.1) is 0 Å². The predicted molar refractivity (Wildman–Crippen MR) is 112 cm³/mol. The number of aryl methyl sites for hydroxylation is 1. The molecule has 0 unspecified atom stereocenters. The second-order valence-corrected chi connectivity index (χ2v) is 8.31. The SMILES string of the molecule is CN1CC2(CCN(c3cc(-c4nc5ccccc5n4C)c(Cl)cn3)CC2)OC1=O. The summed E-state index contributed by atoms with van der Waals surface area (Å²) in [6.45, 7) is 2.20. The van der Waals surface area contributed by atoms with Gasteiger partial charge in [0.25, 0.3) is 0 Å². The van der Waals surface area contributed by atoms with E-state index in [-0.39, 0.29) is 11.7 Å². The summed E-state index contributed by atoms with van der Waals surface area (Å²) in [5.41, 5.74) is 2.49. The number of benzene rings is 1. The number of carbonyl (C=O) groups is 1. The van der Waals surface area contributed by atoms with E-state index < -0.39 is 0 Å². The number of halogens is 1. The fraction of sp³-hybridized carbons (Fsp3) is 0.381. The minimum Gasteiger partial charge on any atom is -0.441 e. The molecule has 0 atom stereocenters. The highest BCUT2D eigenvalue weighted by atomic mass is 35.5. The number of rotatable bonds is 2. The average Bonchev–Trinajstić information content (AvgIpc) is 3.19. The monoisotopic (exact) mass is 411 g/mol. The Morgan fingerprint density at radius 1 is 1.17 bits per heavy atom. The molecule has 2 saturated heterocycles. The van der Waals surface area contributed by atoms with Gasteiger partial charge in [-0.05, 0) is 18.2 Å². The minimum absolute atomic E-state index is 0.229. The Labute approximate surface area is 173 Å².